The van der Waals surface area contributed by atoms with Gasteiger partial charge in [0.1, 0.15) is 10.8 Å². The van der Waals surface area contributed by atoms with Crippen molar-refractivity contribution in [3.8, 4) is 0 Å². The first kappa shape index (κ1) is 20.9. The number of aromatic nitrogens is 3. The number of fused-ring (bicyclic) bond motifs is 1. The summed E-state index contributed by atoms with van der Waals surface area (Å²) in [5, 5.41) is 4.54. The zero-order chi connectivity index (χ0) is 21.8. The van der Waals surface area contributed by atoms with Gasteiger partial charge in [0, 0.05) is 24.1 Å². The highest BCUT2D eigenvalue weighted by Crippen LogP contribution is 2.27. The van der Waals surface area contributed by atoms with E-state index >= 15 is 0 Å². The van der Waals surface area contributed by atoms with Crippen LogP contribution in [0.2, 0.25) is 0 Å². The minimum absolute atomic E-state index is 0.174. The van der Waals surface area contributed by atoms with Gasteiger partial charge in [-0.3, -0.25) is 4.57 Å². The fraction of sp³-hybridized carbons (Fsp3) is 0.273. The number of benzene rings is 1. The molecule has 0 N–H and O–H groups in total. The van der Waals surface area contributed by atoms with Crippen LogP contribution in [0.15, 0.2) is 61.4 Å². The molecule has 0 unspecified atom stereocenters. The quantitative estimate of drug-likeness (QED) is 0.229. The topological polar surface area (TPSA) is 100 Å². The Morgan fingerprint density at radius 2 is 2.03 bits per heavy atom. The molecule has 0 saturated carbocycles. The van der Waals surface area contributed by atoms with Gasteiger partial charge in [-0.05, 0) is 44.5 Å². The molecular weight excluding hydrogens is 418 g/mol. The van der Waals surface area contributed by atoms with Crippen molar-refractivity contribution in [1.29, 1.82) is 0 Å². The molecule has 1 aromatic carbocycles. The number of pyridine rings is 1. The van der Waals surface area contributed by atoms with E-state index in [4.69, 9.17) is 13.7 Å². The lowest BCUT2D eigenvalue weighted by Gasteiger charge is -2.09. The first-order chi connectivity index (χ1) is 15.0. The summed E-state index contributed by atoms with van der Waals surface area (Å²) in [6.07, 6.45) is 2.12. The number of esters is 1. The molecule has 0 aliphatic heterocycles. The number of aryl methyl sites for hydroxylation is 3. The number of para-hydroxylation sites is 2. The summed E-state index contributed by atoms with van der Waals surface area (Å²) in [6, 6.07) is 10.6. The molecule has 0 spiro atoms. The van der Waals surface area contributed by atoms with E-state index in [1.807, 2.05) is 32.0 Å². The van der Waals surface area contributed by atoms with Gasteiger partial charge in [-0.2, -0.15) is 0 Å². The Labute approximate surface area is 182 Å². The summed E-state index contributed by atoms with van der Waals surface area (Å²) in [4.78, 5) is 29.0. The summed E-state index contributed by atoms with van der Waals surface area (Å²) in [7, 11) is 0. The number of ether oxygens (including phenoxy) is 1. The molecule has 3 aromatic heterocycles. The number of carbonyl (C=O) groups is 1. The SMILES string of the molecule is Cc1noc(C)c1CSc1ncccc1C(=O)OCCCn1c(=O)oc2ccccc21. The number of hydrogen-bond acceptors (Lipinski definition) is 8. The van der Waals surface area contributed by atoms with Crippen LogP contribution in [0.25, 0.3) is 11.1 Å². The van der Waals surface area contributed by atoms with E-state index in [0.29, 0.717) is 34.9 Å². The zero-order valence-electron chi connectivity index (χ0n) is 17.2. The molecule has 31 heavy (non-hydrogen) atoms. The molecular formula is C22H21N3O5S. The lowest BCUT2D eigenvalue weighted by Crippen LogP contribution is -2.16. The average molecular weight is 439 g/mol. The third kappa shape index (κ3) is 4.56. The second kappa shape index (κ2) is 9.22. The number of thioether (sulfide) groups is 1. The highest BCUT2D eigenvalue weighted by Gasteiger charge is 2.17. The van der Waals surface area contributed by atoms with Crippen molar-refractivity contribution in [3.63, 3.8) is 0 Å². The minimum Gasteiger partial charge on any atom is -0.462 e. The molecule has 4 aromatic rings. The number of oxazole rings is 1. The molecule has 3 heterocycles. The van der Waals surface area contributed by atoms with Crippen molar-refractivity contribution in [1.82, 2.24) is 14.7 Å². The highest BCUT2D eigenvalue weighted by atomic mass is 32.2. The first-order valence-corrected chi connectivity index (χ1v) is 10.8. The van der Waals surface area contributed by atoms with Gasteiger partial charge in [-0.25, -0.2) is 14.6 Å². The monoisotopic (exact) mass is 439 g/mol. The Balaban J connectivity index is 1.36. The third-order valence-electron chi connectivity index (χ3n) is 4.86. The van der Waals surface area contributed by atoms with Gasteiger partial charge >= 0.3 is 11.7 Å². The smallest absolute Gasteiger partial charge is 0.419 e. The molecule has 0 aliphatic carbocycles. The molecule has 0 bridgehead atoms. The maximum Gasteiger partial charge on any atom is 0.419 e. The first-order valence-electron chi connectivity index (χ1n) is 9.79. The lowest BCUT2D eigenvalue weighted by atomic mass is 10.2. The Bertz CT molecular complexity index is 1250. The molecule has 0 atom stereocenters. The number of nitrogens with zero attached hydrogens (tertiary/aromatic N) is 3. The molecule has 0 fully saturated rings. The second-order valence-electron chi connectivity index (χ2n) is 6.92. The Hall–Kier alpha value is -3.33. The predicted molar refractivity (Wildman–Crippen MR) is 115 cm³/mol. The Morgan fingerprint density at radius 1 is 1.19 bits per heavy atom. The van der Waals surface area contributed by atoms with E-state index in [2.05, 4.69) is 10.1 Å². The van der Waals surface area contributed by atoms with Gasteiger partial charge in [0.15, 0.2) is 5.58 Å². The minimum atomic E-state index is -0.446. The number of carbonyl (C=O) groups excluding carboxylic acids is 1. The van der Waals surface area contributed by atoms with Crippen LogP contribution in [0.4, 0.5) is 0 Å². The van der Waals surface area contributed by atoms with E-state index in [1.165, 1.54) is 16.3 Å². The average Bonchev–Trinajstić information content (AvgIpc) is 3.27. The van der Waals surface area contributed by atoms with E-state index in [1.54, 1.807) is 24.4 Å². The second-order valence-corrected chi connectivity index (χ2v) is 7.89. The van der Waals surface area contributed by atoms with E-state index in [-0.39, 0.29) is 6.61 Å². The van der Waals surface area contributed by atoms with Gasteiger partial charge < -0.3 is 13.7 Å². The lowest BCUT2D eigenvalue weighted by molar-refractivity contribution is 0.0491. The van der Waals surface area contributed by atoms with Gasteiger partial charge in [0.05, 0.1) is 23.4 Å². The van der Waals surface area contributed by atoms with Crippen LogP contribution in [0, 0.1) is 13.8 Å². The molecule has 4 rings (SSSR count). The Kier molecular flexibility index (Phi) is 6.22. The normalized spacial score (nSPS) is 11.2. The number of rotatable bonds is 8. The molecule has 8 nitrogen and oxygen atoms in total. The van der Waals surface area contributed by atoms with Crippen molar-refractivity contribution >= 4 is 28.8 Å². The standard InChI is InChI=1S/C22H21N3O5S/c1-14-17(15(2)30-24-14)13-31-20-16(7-5-10-23-20)21(26)28-12-6-11-25-18-8-3-4-9-19(18)29-22(25)27/h3-5,7-10H,6,11-13H2,1-2H3. The van der Waals surface area contributed by atoms with E-state index in [9.17, 15) is 9.59 Å². The third-order valence-corrected chi connectivity index (χ3v) is 5.89. The molecule has 9 heteroatoms. The zero-order valence-corrected chi connectivity index (χ0v) is 18.0. The summed E-state index contributed by atoms with van der Waals surface area (Å²) in [5.74, 6) is 0.484. The summed E-state index contributed by atoms with van der Waals surface area (Å²) in [6.45, 7) is 4.31. The Morgan fingerprint density at radius 3 is 2.84 bits per heavy atom. The van der Waals surface area contributed by atoms with E-state index < -0.39 is 11.7 Å². The maximum atomic E-state index is 12.6. The molecule has 160 valence electrons. The van der Waals surface area contributed by atoms with Gasteiger partial charge in [0.2, 0.25) is 0 Å². The predicted octanol–water partition coefficient (Wildman–Crippen LogP) is 4.13. The fourth-order valence-electron chi connectivity index (χ4n) is 3.20. The molecule has 0 amide bonds. The van der Waals surface area contributed by atoms with Gasteiger partial charge in [-0.15, -0.1) is 11.8 Å². The highest BCUT2D eigenvalue weighted by molar-refractivity contribution is 7.98. The molecule has 0 saturated heterocycles. The van der Waals surface area contributed by atoms with Crippen molar-refractivity contribution in [2.75, 3.05) is 6.61 Å². The van der Waals surface area contributed by atoms with Crippen LogP contribution in [0.5, 0.6) is 0 Å². The van der Waals surface area contributed by atoms with Crippen LogP contribution in [0.3, 0.4) is 0 Å². The largest absolute Gasteiger partial charge is 0.462 e. The number of hydrogen-bond donors (Lipinski definition) is 0. The van der Waals surface area contributed by atoms with Gasteiger partial charge in [-0.1, -0.05) is 17.3 Å². The van der Waals surface area contributed by atoms with Crippen molar-refractivity contribution < 1.29 is 18.5 Å². The van der Waals surface area contributed by atoms with Crippen molar-refractivity contribution in [2.24, 2.45) is 0 Å². The summed E-state index contributed by atoms with van der Waals surface area (Å²) in [5.41, 5.74) is 3.49. The maximum absolute atomic E-state index is 12.6. The molecule has 0 aliphatic rings. The summed E-state index contributed by atoms with van der Waals surface area (Å²) >= 11 is 1.43. The van der Waals surface area contributed by atoms with Crippen molar-refractivity contribution in [2.45, 2.75) is 37.6 Å². The summed E-state index contributed by atoms with van der Waals surface area (Å²) < 4.78 is 17.4. The molecule has 0 radical (unpaired) electrons. The van der Waals surface area contributed by atoms with Crippen molar-refractivity contribution in [3.05, 3.63) is 75.7 Å². The fourth-order valence-corrected chi connectivity index (χ4v) is 4.34. The van der Waals surface area contributed by atoms with Gasteiger partial charge in [0.25, 0.3) is 0 Å². The van der Waals surface area contributed by atoms with E-state index in [0.717, 1.165) is 22.5 Å². The van der Waals surface area contributed by atoms with Crippen LogP contribution in [-0.2, 0) is 17.0 Å². The van der Waals surface area contributed by atoms with Crippen LogP contribution in [0.1, 0.15) is 33.8 Å². The van der Waals surface area contributed by atoms with Crippen LogP contribution >= 0.6 is 11.8 Å². The van der Waals surface area contributed by atoms with Crippen LogP contribution in [-0.4, -0.2) is 27.3 Å². The van der Waals surface area contributed by atoms with Crippen LogP contribution < -0.4 is 5.76 Å².